The smallest absolute Gasteiger partial charge is 0.0938 e. The van der Waals surface area contributed by atoms with Crippen molar-refractivity contribution in [2.45, 2.75) is 19.3 Å². The first-order valence-electron chi connectivity index (χ1n) is 6.56. The molecule has 1 aromatic carbocycles. The van der Waals surface area contributed by atoms with Crippen molar-refractivity contribution in [1.82, 2.24) is 10.3 Å². The van der Waals surface area contributed by atoms with Gasteiger partial charge in [-0.1, -0.05) is 28.1 Å². The highest BCUT2D eigenvalue weighted by Crippen LogP contribution is 2.48. The van der Waals surface area contributed by atoms with E-state index < -0.39 is 0 Å². The Morgan fingerprint density at radius 3 is 2.68 bits per heavy atom. The van der Waals surface area contributed by atoms with E-state index in [2.05, 4.69) is 50.9 Å². The van der Waals surface area contributed by atoms with E-state index in [1.807, 2.05) is 7.05 Å². The summed E-state index contributed by atoms with van der Waals surface area (Å²) in [6, 6.07) is 8.36. The molecule has 0 spiro atoms. The van der Waals surface area contributed by atoms with Crippen LogP contribution < -0.4 is 5.32 Å². The molecule has 3 rings (SSSR count). The predicted octanol–water partition coefficient (Wildman–Crippen LogP) is 4.11. The normalized spacial score (nSPS) is 16.5. The van der Waals surface area contributed by atoms with Gasteiger partial charge in [0.2, 0.25) is 0 Å². The van der Waals surface area contributed by atoms with E-state index in [0.717, 1.165) is 23.1 Å². The first kappa shape index (κ1) is 13.3. The molecular weight excluding hydrogens is 320 g/mol. The lowest BCUT2D eigenvalue weighted by molar-refractivity contribution is 0.477. The maximum atomic E-state index is 4.79. The van der Waals surface area contributed by atoms with Gasteiger partial charge in [0, 0.05) is 28.4 Å². The highest BCUT2D eigenvalue weighted by Gasteiger charge is 2.42. The molecule has 2 aromatic rings. The molecule has 1 heterocycles. The number of hydrogen-bond donors (Lipinski definition) is 1. The molecule has 1 aliphatic carbocycles. The van der Waals surface area contributed by atoms with Crippen LogP contribution >= 0.6 is 27.3 Å². The molecule has 4 heteroatoms. The number of halogens is 1. The van der Waals surface area contributed by atoms with Gasteiger partial charge in [-0.05, 0) is 37.4 Å². The summed E-state index contributed by atoms with van der Waals surface area (Å²) in [5.74, 6) is 0. The maximum absolute atomic E-state index is 4.79. The van der Waals surface area contributed by atoms with Crippen molar-refractivity contribution in [3.05, 3.63) is 39.1 Å². The lowest BCUT2D eigenvalue weighted by Gasteiger charge is -2.11. The highest BCUT2D eigenvalue weighted by atomic mass is 79.9. The van der Waals surface area contributed by atoms with Gasteiger partial charge in [0.15, 0.2) is 0 Å². The zero-order valence-electron chi connectivity index (χ0n) is 10.9. The Morgan fingerprint density at radius 1 is 1.32 bits per heavy atom. The molecular formula is C15H17BrN2S. The second kappa shape index (κ2) is 5.35. The number of benzene rings is 1. The first-order chi connectivity index (χ1) is 9.21. The lowest BCUT2D eigenvalue weighted by Crippen LogP contribution is -2.21. The molecule has 0 bridgehead atoms. The number of thiazole rings is 1. The largest absolute Gasteiger partial charge is 0.319 e. The molecule has 1 saturated carbocycles. The summed E-state index contributed by atoms with van der Waals surface area (Å²) >= 11 is 5.25. The highest BCUT2D eigenvalue weighted by molar-refractivity contribution is 9.10. The monoisotopic (exact) mass is 336 g/mol. The predicted molar refractivity (Wildman–Crippen MR) is 84.5 cm³/mol. The van der Waals surface area contributed by atoms with Gasteiger partial charge in [0.05, 0.1) is 10.7 Å². The van der Waals surface area contributed by atoms with Crippen LogP contribution in [0.15, 0.2) is 34.1 Å². The number of rotatable bonds is 5. The van der Waals surface area contributed by atoms with Gasteiger partial charge in [-0.25, -0.2) is 4.98 Å². The number of nitrogens with zero attached hydrogens (tertiary/aromatic N) is 1. The van der Waals surface area contributed by atoms with Crippen LogP contribution in [-0.2, 0) is 6.42 Å². The summed E-state index contributed by atoms with van der Waals surface area (Å²) in [6.45, 7) is 1.11. The minimum atomic E-state index is 0.490. The minimum absolute atomic E-state index is 0.490. The van der Waals surface area contributed by atoms with Crippen LogP contribution in [0.2, 0.25) is 0 Å². The van der Waals surface area contributed by atoms with E-state index in [4.69, 9.17) is 4.98 Å². The van der Waals surface area contributed by atoms with Crippen molar-refractivity contribution in [2.24, 2.45) is 5.41 Å². The summed E-state index contributed by atoms with van der Waals surface area (Å²) in [5, 5.41) is 6.75. The summed E-state index contributed by atoms with van der Waals surface area (Å²) in [6.07, 6.45) is 3.79. The molecule has 0 saturated heterocycles. The van der Waals surface area contributed by atoms with Gasteiger partial charge in [-0.15, -0.1) is 11.3 Å². The third-order valence-electron chi connectivity index (χ3n) is 3.73. The van der Waals surface area contributed by atoms with Crippen molar-refractivity contribution < 1.29 is 0 Å². The van der Waals surface area contributed by atoms with Crippen LogP contribution in [0, 0.1) is 5.41 Å². The van der Waals surface area contributed by atoms with Crippen molar-refractivity contribution in [2.75, 3.05) is 13.6 Å². The summed E-state index contributed by atoms with van der Waals surface area (Å²) < 4.78 is 1.11. The number of nitrogens with one attached hydrogen (secondary N) is 1. The summed E-state index contributed by atoms with van der Waals surface area (Å²) in [5.41, 5.74) is 2.79. The third-order valence-corrected chi connectivity index (χ3v) is 5.10. The lowest BCUT2D eigenvalue weighted by atomic mass is 10.0. The SMILES string of the molecule is CNCC1(Cc2nc(-c3ccc(Br)cc3)cs2)CC1. The maximum Gasteiger partial charge on any atom is 0.0938 e. The topological polar surface area (TPSA) is 24.9 Å². The molecule has 19 heavy (non-hydrogen) atoms. The van der Waals surface area contributed by atoms with Crippen molar-refractivity contribution in [1.29, 1.82) is 0 Å². The molecule has 0 amide bonds. The van der Waals surface area contributed by atoms with Crippen molar-refractivity contribution in [3.63, 3.8) is 0 Å². The molecule has 0 aliphatic heterocycles. The quantitative estimate of drug-likeness (QED) is 0.888. The first-order valence-corrected chi connectivity index (χ1v) is 8.23. The molecule has 1 fully saturated rings. The van der Waals surface area contributed by atoms with E-state index in [9.17, 15) is 0 Å². The molecule has 0 radical (unpaired) electrons. The second-order valence-corrected chi connectivity index (χ2v) is 7.20. The van der Waals surface area contributed by atoms with Crippen LogP contribution in [-0.4, -0.2) is 18.6 Å². The standard InChI is InChI=1S/C15H17BrN2S/c1-17-10-15(6-7-15)8-14-18-13(9-19-14)11-2-4-12(16)5-3-11/h2-5,9,17H,6-8,10H2,1H3. The van der Waals surface area contributed by atoms with Gasteiger partial charge in [-0.2, -0.15) is 0 Å². The van der Waals surface area contributed by atoms with Gasteiger partial charge in [0.25, 0.3) is 0 Å². The summed E-state index contributed by atoms with van der Waals surface area (Å²) in [7, 11) is 2.04. The molecule has 0 atom stereocenters. The molecule has 1 N–H and O–H groups in total. The Kier molecular flexibility index (Phi) is 3.74. The Bertz CT molecular complexity index is 558. The molecule has 2 nitrogen and oxygen atoms in total. The minimum Gasteiger partial charge on any atom is -0.319 e. The second-order valence-electron chi connectivity index (χ2n) is 5.34. The van der Waals surface area contributed by atoms with Crippen LogP contribution in [0.5, 0.6) is 0 Å². The third kappa shape index (κ3) is 3.07. The molecule has 100 valence electrons. The Labute approximate surface area is 126 Å². The van der Waals surface area contributed by atoms with Gasteiger partial charge in [-0.3, -0.25) is 0 Å². The molecule has 0 unspecified atom stereocenters. The van der Waals surface area contributed by atoms with E-state index in [-0.39, 0.29) is 0 Å². The van der Waals surface area contributed by atoms with E-state index in [1.165, 1.54) is 23.4 Å². The van der Waals surface area contributed by atoms with Crippen LogP contribution in [0.4, 0.5) is 0 Å². The fourth-order valence-corrected chi connectivity index (χ4v) is 3.68. The zero-order chi connectivity index (χ0) is 13.3. The van der Waals surface area contributed by atoms with Crippen LogP contribution in [0.1, 0.15) is 17.8 Å². The van der Waals surface area contributed by atoms with Crippen LogP contribution in [0.25, 0.3) is 11.3 Å². The summed E-state index contributed by atoms with van der Waals surface area (Å²) in [4.78, 5) is 4.79. The van der Waals surface area contributed by atoms with Crippen LogP contribution in [0.3, 0.4) is 0 Å². The van der Waals surface area contributed by atoms with Gasteiger partial charge < -0.3 is 5.32 Å². The average Bonchev–Trinajstić information content (AvgIpc) is 2.99. The fourth-order valence-electron chi connectivity index (χ4n) is 2.43. The fraction of sp³-hybridized carbons (Fsp3) is 0.400. The average molecular weight is 337 g/mol. The van der Waals surface area contributed by atoms with E-state index in [0.29, 0.717) is 5.41 Å². The molecule has 1 aromatic heterocycles. The van der Waals surface area contributed by atoms with Gasteiger partial charge >= 0.3 is 0 Å². The Hall–Kier alpha value is -0.710. The Balaban J connectivity index is 1.74. The zero-order valence-corrected chi connectivity index (χ0v) is 13.4. The van der Waals surface area contributed by atoms with E-state index >= 15 is 0 Å². The molecule has 1 aliphatic rings. The van der Waals surface area contributed by atoms with E-state index in [1.54, 1.807) is 11.3 Å². The Morgan fingerprint density at radius 2 is 2.05 bits per heavy atom. The number of hydrogen-bond acceptors (Lipinski definition) is 3. The van der Waals surface area contributed by atoms with Gasteiger partial charge in [0.1, 0.15) is 0 Å². The number of aromatic nitrogens is 1. The van der Waals surface area contributed by atoms with Crippen molar-refractivity contribution in [3.8, 4) is 11.3 Å². The van der Waals surface area contributed by atoms with Crippen molar-refractivity contribution >= 4 is 27.3 Å².